The highest BCUT2D eigenvalue weighted by atomic mass is 35.5. The minimum atomic E-state index is -3.42. The first kappa shape index (κ1) is 12.7. The Kier molecular flexibility index (Phi) is 3.33. The van der Waals surface area contributed by atoms with Gasteiger partial charge in [-0.2, -0.15) is 0 Å². The van der Waals surface area contributed by atoms with E-state index in [0.717, 1.165) is 32.1 Å². The number of hydrogen-bond acceptors (Lipinski definition) is 4. The van der Waals surface area contributed by atoms with Crippen LogP contribution in [0.15, 0.2) is 0 Å². The maximum atomic E-state index is 11.4. The van der Waals surface area contributed by atoms with E-state index in [9.17, 15) is 13.2 Å². The van der Waals surface area contributed by atoms with Gasteiger partial charge < -0.3 is 5.32 Å². The summed E-state index contributed by atoms with van der Waals surface area (Å²) in [5, 5.41) is 3.06. The summed E-state index contributed by atoms with van der Waals surface area (Å²) >= 11 is 0. The van der Waals surface area contributed by atoms with Crippen LogP contribution in [0.25, 0.3) is 0 Å². The van der Waals surface area contributed by atoms with Gasteiger partial charge in [0.2, 0.25) is 10.0 Å². The highest BCUT2D eigenvalue weighted by Gasteiger charge is 2.50. The lowest BCUT2D eigenvalue weighted by Gasteiger charge is -2.09. The van der Waals surface area contributed by atoms with Gasteiger partial charge in [-0.1, -0.05) is 0 Å². The van der Waals surface area contributed by atoms with E-state index in [1.54, 1.807) is 0 Å². The lowest BCUT2D eigenvalue weighted by Crippen LogP contribution is -2.42. The summed E-state index contributed by atoms with van der Waals surface area (Å²) in [6.07, 6.45) is 4.08. The fourth-order valence-electron chi connectivity index (χ4n) is 1.91. The van der Waals surface area contributed by atoms with Gasteiger partial charge in [0.05, 0.1) is 12.3 Å². The second-order valence-electron chi connectivity index (χ2n) is 4.38. The SMILES string of the molecule is CS(=O)(=O)NC(=O)[C@@H]1CC2(CC2)CN1.Cl. The third-order valence-electron chi connectivity index (χ3n) is 2.92. The van der Waals surface area contributed by atoms with Gasteiger partial charge in [0.15, 0.2) is 0 Å². The van der Waals surface area contributed by atoms with Crippen LogP contribution < -0.4 is 10.0 Å². The van der Waals surface area contributed by atoms with Crippen molar-refractivity contribution in [1.29, 1.82) is 0 Å². The third-order valence-corrected chi connectivity index (χ3v) is 3.49. The van der Waals surface area contributed by atoms with Crippen LogP contribution in [0.5, 0.6) is 0 Å². The van der Waals surface area contributed by atoms with Gasteiger partial charge in [-0.05, 0) is 24.7 Å². The molecule has 1 heterocycles. The molecule has 1 aliphatic carbocycles. The number of amides is 1. The van der Waals surface area contributed by atoms with Crippen molar-refractivity contribution in [3.63, 3.8) is 0 Å². The molecule has 2 rings (SSSR count). The Bertz CT molecular complexity index is 364. The molecule has 1 amide bonds. The normalized spacial score (nSPS) is 27.1. The van der Waals surface area contributed by atoms with Crippen molar-refractivity contribution >= 4 is 28.3 Å². The lowest BCUT2D eigenvalue weighted by atomic mass is 10.0. The summed E-state index contributed by atoms with van der Waals surface area (Å²) in [5.41, 5.74) is 0.305. The number of nitrogens with one attached hydrogen (secondary N) is 2. The molecule has 1 spiro atoms. The van der Waals surface area contributed by atoms with Crippen molar-refractivity contribution in [2.75, 3.05) is 12.8 Å². The molecule has 1 atom stereocenters. The molecule has 88 valence electrons. The molecule has 1 saturated heterocycles. The molecular weight excluding hydrogens is 240 g/mol. The molecule has 0 aromatic heterocycles. The zero-order valence-corrected chi connectivity index (χ0v) is 10.1. The predicted octanol–water partition coefficient (Wildman–Crippen LogP) is -0.374. The topological polar surface area (TPSA) is 75.3 Å². The molecule has 1 saturated carbocycles. The van der Waals surface area contributed by atoms with Crippen LogP contribution in [0, 0.1) is 5.41 Å². The molecule has 0 aromatic carbocycles. The molecule has 2 N–H and O–H groups in total. The summed E-state index contributed by atoms with van der Waals surface area (Å²) < 4.78 is 23.6. The van der Waals surface area contributed by atoms with Crippen molar-refractivity contribution in [3.05, 3.63) is 0 Å². The number of hydrogen-bond donors (Lipinski definition) is 2. The fraction of sp³-hybridized carbons (Fsp3) is 0.875. The average Bonchev–Trinajstić information content (AvgIpc) is 2.57. The predicted molar refractivity (Wildman–Crippen MR) is 58.3 cm³/mol. The molecule has 7 heteroatoms. The Morgan fingerprint density at radius 1 is 1.47 bits per heavy atom. The number of carbonyl (C=O) groups excluding carboxylic acids is 1. The first-order chi connectivity index (χ1) is 6.40. The maximum absolute atomic E-state index is 11.4. The Morgan fingerprint density at radius 3 is 2.47 bits per heavy atom. The molecule has 2 fully saturated rings. The molecule has 2 aliphatic rings. The van der Waals surface area contributed by atoms with Gasteiger partial charge in [-0.15, -0.1) is 12.4 Å². The van der Waals surface area contributed by atoms with Gasteiger partial charge >= 0.3 is 0 Å². The van der Waals surface area contributed by atoms with E-state index in [1.807, 2.05) is 4.72 Å². The van der Waals surface area contributed by atoms with Gasteiger partial charge in [-0.3, -0.25) is 9.52 Å². The summed E-state index contributed by atoms with van der Waals surface area (Å²) in [4.78, 5) is 11.4. The number of sulfonamides is 1. The number of rotatable bonds is 2. The van der Waals surface area contributed by atoms with E-state index in [-0.39, 0.29) is 18.4 Å². The van der Waals surface area contributed by atoms with E-state index in [2.05, 4.69) is 5.32 Å². The minimum Gasteiger partial charge on any atom is -0.305 e. The Balaban J connectivity index is 0.00000112. The first-order valence-electron chi connectivity index (χ1n) is 4.65. The summed E-state index contributed by atoms with van der Waals surface area (Å²) in [6, 6.07) is -0.327. The quantitative estimate of drug-likeness (QED) is 0.705. The zero-order chi connectivity index (χ0) is 10.4. The highest BCUT2D eigenvalue weighted by Crippen LogP contribution is 2.51. The fourth-order valence-corrected chi connectivity index (χ4v) is 2.42. The van der Waals surface area contributed by atoms with Gasteiger partial charge in [-0.25, -0.2) is 8.42 Å². The molecular formula is C8H15ClN2O3S. The van der Waals surface area contributed by atoms with E-state index in [0.29, 0.717) is 5.41 Å². The molecule has 15 heavy (non-hydrogen) atoms. The van der Waals surface area contributed by atoms with Gasteiger partial charge in [0, 0.05) is 6.54 Å². The van der Waals surface area contributed by atoms with E-state index < -0.39 is 15.9 Å². The van der Waals surface area contributed by atoms with Gasteiger partial charge in [0.25, 0.3) is 5.91 Å². The third kappa shape index (κ3) is 3.06. The molecule has 0 unspecified atom stereocenters. The second kappa shape index (κ2) is 3.92. The van der Waals surface area contributed by atoms with E-state index in [4.69, 9.17) is 0 Å². The van der Waals surface area contributed by atoms with Crippen molar-refractivity contribution < 1.29 is 13.2 Å². The van der Waals surface area contributed by atoms with Crippen LogP contribution in [0.2, 0.25) is 0 Å². The Hall–Kier alpha value is -0.330. The molecule has 0 aromatic rings. The highest BCUT2D eigenvalue weighted by molar-refractivity contribution is 7.89. The van der Waals surface area contributed by atoms with Crippen molar-refractivity contribution in [1.82, 2.24) is 10.0 Å². The van der Waals surface area contributed by atoms with Gasteiger partial charge in [0.1, 0.15) is 0 Å². The largest absolute Gasteiger partial charge is 0.305 e. The Morgan fingerprint density at radius 2 is 2.07 bits per heavy atom. The average molecular weight is 255 g/mol. The molecule has 0 radical (unpaired) electrons. The molecule has 0 bridgehead atoms. The van der Waals surface area contributed by atoms with Crippen molar-refractivity contribution in [3.8, 4) is 0 Å². The lowest BCUT2D eigenvalue weighted by molar-refractivity contribution is -0.121. The maximum Gasteiger partial charge on any atom is 0.250 e. The molecule has 1 aliphatic heterocycles. The van der Waals surface area contributed by atoms with E-state index >= 15 is 0 Å². The number of halogens is 1. The van der Waals surface area contributed by atoms with Crippen LogP contribution in [-0.4, -0.2) is 33.2 Å². The summed E-state index contributed by atoms with van der Waals surface area (Å²) in [6.45, 7) is 0.842. The van der Waals surface area contributed by atoms with Crippen LogP contribution in [0.3, 0.4) is 0 Å². The summed E-state index contributed by atoms with van der Waals surface area (Å²) in [5.74, 6) is -0.420. The van der Waals surface area contributed by atoms with Crippen LogP contribution in [0.1, 0.15) is 19.3 Å². The minimum absolute atomic E-state index is 0. The molecule has 5 nitrogen and oxygen atoms in total. The van der Waals surface area contributed by atoms with Crippen LogP contribution >= 0.6 is 12.4 Å². The second-order valence-corrected chi connectivity index (χ2v) is 6.12. The smallest absolute Gasteiger partial charge is 0.250 e. The zero-order valence-electron chi connectivity index (χ0n) is 8.45. The standard InChI is InChI=1S/C8H14N2O3S.ClH/c1-14(12,13)10-7(11)6-4-8(2-3-8)5-9-6;/h6,9H,2-5H2,1H3,(H,10,11);1H/t6-;/m0./s1. The van der Waals surface area contributed by atoms with Crippen molar-refractivity contribution in [2.45, 2.75) is 25.3 Å². The van der Waals surface area contributed by atoms with E-state index in [1.165, 1.54) is 0 Å². The number of carbonyl (C=O) groups is 1. The monoisotopic (exact) mass is 254 g/mol. The Labute approximate surface area is 95.5 Å². The van der Waals surface area contributed by atoms with Crippen molar-refractivity contribution in [2.24, 2.45) is 5.41 Å². The van der Waals surface area contributed by atoms with Crippen LogP contribution in [-0.2, 0) is 14.8 Å². The summed E-state index contributed by atoms with van der Waals surface area (Å²) in [7, 11) is -3.42. The van der Waals surface area contributed by atoms with Crippen LogP contribution in [0.4, 0.5) is 0 Å². The first-order valence-corrected chi connectivity index (χ1v) is 6.54.